The van der Waals surface area contributed by atoms with E-state index in [4.69, 9.17) is 9.84 Å². The van der Waals surface area contributed by atoms with Gasteiger partial charge in [-0.3, -0.25) is 4.79 Å². The Balaban J connectivity index is 1.88. The fraction of sp³-hybridized carbons (Fsp3) is 0.462. The summed E-state index contributed by atoms with van der Waals surface area (Å²) in [5, 5.41) is 9.01. The molecule has 110 valence electrons. The maximum absolute atomic E-state index is 13.4. The lowest BCUT2D eigenvalue weighted by Crippen LogP contribution is -2.47. The van der Waals surface area contributed by atoms with Gasteiger partial charge in [0.05, 0.1) is 25.1 Å². The first-order valence-electron chi connectivity index (χ1n) is 6.18. The molecular formula is C13H15F2NO3S. The lowest BCUT2D eigenvalue weighted by atomic mass is 10.3. The molecule has 7 heteroatoms. The van der Waals surface area contributed by atoms with Crippen molar-refractivity contribution in [2.24, 2.45) is 0 Å². The van der Waals surface area contributed by atoms with Crippen LogP contribution in [0, 0.1) is 11.6 Å². The second kappa shape index (κ2) is 7.01. The number of aliphatic hydroxyl groups excluding tert-OH is 1. The number of benzene rings is 1. The van der Waals surface area contributed by atoms with Crippen LogP contribution in [-0.4, -0.2) is 54.1 Å². The molecule has 1 heterocycles. The number of halogens is 2. The number of ether oxygens (including phenoxy) is 1. The molecule has 0 spiro atoms. The van der Waals surface area contributed by atoms with Gasteiger partial charge in [-0.05, 0) is 12.1 Å². The number of rotatable bonds is 4. The van der Waals surface area contributed by atoms with Gasteiger partial charge < -0.3 is 14.7 Å². The number of aliphatic hydroxyl groups is 1. The second-order valence-corrected chi connectivity index (χ2v) is 5.40. The molecule has 0 aromatic heterocycles. The van der Waals surface area contributed by atoms with E-state index in [1.54, 1.807) is 4.90 Å². The summed E-state index contributed by atoms with van der Waals surface area (Å²) >= 11 is 1.03. The summed E-state index contributed by atoms with van der Waals surface area (Å²) in [5.74, 6) is -1.39. The first-order valence-corrected chi connectivity index (χ1v) is 7.17. The minimum Gasteiger partial charge on any atom is -0.394 e. The van der Waals surface area contributed by atoms with E-state index in [1.807, 2.05) is 0 Å². The Labute approximate surface area is 119 Å². The van der Waals surface area contributed by atoms with Crippen LogP contribution in [0.4, 0.5) is 8.78 Å². The predicted octanol–water partition coefficient (Wildman–Crippen LogP) is 1.28. The first kappa shape index (κ1) is 15.2. The van der Waals surface area contributed by atoms with Crippen LogP contribution in [-0.2, 0) is 9.53 Å². The van der Waals surface area contributed by atoms with E-state index in [-0.39, 0.29) is 29.3 Å². The van der Waals surface area contributed by atoms with Crippen LogP contribution in [0.1, 0.15) is 0 Å². The minimum absolute atomic E-state index is 0.0701. The first-order chi connectivity index (χ1) is 9.60. The largest absolute Gasteiger partial charge is 0.394 e. The zero-order valence-corrected chi connectivity index (χ0v) is 11.5. The van der Waals surface area contributed by atoms with Gasteiger partial charge in [-0.15, -0.1) is 11.8 Å². The monoisotopic (exact) mass is 303 g/mol. The van der Waals surface area contributed by atoms with E-state index in [0.717, 1.165) is 23.9 Å². The minimum atomic E-state index is -0.669. The molecule has 0 radical (unpaired) electrons. The highest BCUT2D eigenvalue weighted by Crippen LogP contribution is 2.23. The van der Waals surface area contributed by atoms with Crippen LogP contribution >= 0.6 is 11.8 Å². The van der Waals surface area contributed by atoms with Crippen molar-refractivity contribution in [3.05, 3.63) is 29.8 Å². The lowest BCUT2D eigenvalue weighted by molar-refractivity contribution is -0.137. The van der Waals surface area contributed by atoms with Gasteiger partial charge in [0, 0.05) is 24.1 Å². The van der Waals surface area contributed by atoms with E-state index >= 15 is 0 Å². The summed E-state index contributed by atoms with van der Waals surface area (Å²) in [7, 11) is 0. The molecule has 0 aliphatic carbocycles. The van der Waals surface area contributed by atoms with Crippen molar-refractivity contribution < 1.29 is 23.4 Å². The molecule has 1 atom stereocenters. The van der Waals surface area contributed by atoms with Crippen LogP contribution in [0.2, 0.25) is 0 Å². The average Bonchev–Trinajstić information content (AvgIpc) is 2.46. The molecule has 1 aromatic rings. The van der Waals surface area contributed by atoms with Crippen molar-refractivity contribution in [1.29, 1.82) is 0 Å². The van der Waals surface area contributed by atoms with Crippen LogP contribution in [0.15, 0.2) is 23.1 Å². The number of amides is 1. The molecule has 1 aromatic carbocycles. The second-order valence-electron chi connectivity index (χ2n) is 4.38. The zero-order chi connectivity index (χ0) is 14.5. The third kappa shape index (κ3) is 3.91. The highest BCUT2D eigenvalue weighted by molar-refractivity contribution is 8.00. The van der Waals surface area contributed by atoms with Gasteiger partial charge in [0.15, 0.2) is 0 Å². The third-order valence-corrected chi connectivity index (χ3v) is 3.97. The predicted molar refractivity (Wildman–Crippen MR) is 70.5 cm³/mol. The van der Waals surface area contributed by atoms with Gasteiger partial charge in [0.25, 0.3) is 0 Å². The molecule has 0 bridgehead atoms. The van der Waals surface area contributed by atoms with Crippen molar-refractivity contribution in [2.75, 3.05) is 32.1 Å². The SMILES string of the molecule is O=C(CSc1ccc(F)cc1F)N1CCOC(CO)C1. The van der Waals surface area contributed by atoms with Gasteiger partial charge in [0.2, 0.25) is 5.91 Å². The summed E-state index contributed by atoms with van der Waals surface area (Å²) in [6.07, 6.45) is -0.361. The third-order valence-electron chi connectivity index (χ3n) is 2.94. The van der Waals surface area contributed by atoms with Crippen LogP contribution in [0.3, 0.4) is 0 Å². The smallest absolute Gasteiger partial charge is 0.233 e. The Morgan fingerprint density at radius 1 is 1.50 bits per heavy atom. The van der Waals surface area contributed by atoms with Crippen LogP contribution in [0.5, 0.6) is 0 Å². The van der Waals surface area contributed by atoms with Crippen LogP contribution < -0.4 is 0 Å². The van der Waals surface area contributed by atoms with Crippen molar-refractivity contribution in [3.8, 4) is 0 Å². The number of hydrogen-bond donors (Lipinski definition) is 1. The van der Waals surface area contributed by atoms with Gasteiger partial charge in [-0.2, -0.15) is 0 Å². The van der Waals surface area contributed by atoms with Crippen molar-refractivity contribution in [2.45, 2.75) is 11.0 Å². The molecule has 20 heavy (non-hydrogen) atoms. The summed E-state index contributed by atoms with van der Waals surface area (Å²) in [6, 6.07) is 3.27. The number of carbonyl (C=O) groups is 1. The molecule has 1 aliphatic heterocycles. The Morgan fingerprint density at radius 2 is 2.30 bits per heavy atom. The Bertz CT molecular complexity index is 487. The molecular weight excluding hydrogens is 288 g/mol. The van der Waals surface area contributed by atoms with Gasteiger partial charge in [0.1, 0.15) is 11.6 Å². The Kier molecular flexibility index (Phi) is 5.33. The molecule has 1 amide bonds. The quantitative estimate of drug-likeness (QED) is 0.851. The molecule has 0 saturated carbocycles. The Hall–Kier alpha value is -1.18. The standard InChI is InChI=1S/C13H15F2NO3S/c14-9-1-2-12(11(15)5-9)20-8-13(18)16-3-4-19-10(6-16)7-17/h1-2,5,10,17H,3-4,6-8H2. The van der Waals surface area contributed by atoms with Crippen LogP contribution in [0.25, 0.3) is 0 Å². The molecule has 1 N–H and O–H groups in total. The van der Waals surface area contributed by atoms with Gasteiger partial charge in [-0.1, -0.05) is 0 Å². The van der Waals surface area contributed by atoms with E-state index in [0.29, 0.717) is 19.7 Å². The maximum atomic E-state index is 13.4. The van der Waals surface area contributed by atoms with Gasteiger partial charge in [-0.25, -0.2) is 8.78 Å². The molecule has 2 rings (SSSR count). The lowest BCUT2D eigenvalue weighted by Gasteiger charge is -2.32. The van der Waals surface area contributed by atoms with E-state index in [9.17, 15) is 13.6 Å². The Morgan fingerprint density at radius 3 is 3.00 bits per heavy atom. The number of nitrogens with zero attached hydrogens (tertiary/aromatic N) is 1. The highest BCUT2D eigenvalue weighted by Gasteiger charge is 2.23. The number of carbonyl (C=O) groups excluding carboxylic acids is 1. The zero-order valence-electron chi connectivity index (χ0n) is 10.7. The molecule has 1 fully saturated rings. The molecule has 4 nitrogen and oxygen atoms in total. The fourth-order valence-electron chi connectivity index (χ4n) is 1.88. The van der Waals surface area contributed by atoms with E-state index in [1.165, 1.54) is 6.07 Å². The summed E-state index contributed by atoms with van der Waals surface area (Å²) in [6.45, 7) is 1.04. The van der Waals surface area contributed by atoms with E-state index < -0.39 is 11.6 Å². The van der Waals surface area contributed by atoms with Gasteiger partial charge >= 0.3 is 0 Å². The number of hydrogen-bond acceptors (Lipinski definition) is 4. The molecule has 1 aliphatic rings. The molecule has 1 saturated heterocycles. The number of morpholine rings is 1. The average molecular weight is 303 g/mol. The fourth-order valence-corrected chi connectivity index (χ4v) is 2.70. The number of thioether (sulfide) groups is 1. The highest BCUT2D eigenvalue weighted by atomic mass is 32.2. The van der Waals surface area contributed by atoms with Crippen molar-refractivity contribution in [1.82, 2.24) is 4.90 Å². The summed E-state index contributed by atoms with van der Waals surface area (Å²) in [5.41, 5.74) is 0. The van der Waals surface area contributed by atoms with Crippen molar-refractivity contribution in [3.63, 3.8) is 0 Å². The normalized spacial score (nSPS) is 19.1. The summed E-state index contributed by atoms with van der Waals surface area (Å²) < 4.78 is 31.4. The molecule has 1 unspecified atom stereocenters. The summed E-state index contributed by atoms with van der Waals surface area (Å²) in [4.78, 5) is 13.8. The maximum Gasteiger partial charge on any atom is 0.233 e. The van der Waals surface area contributed by atoms with E-state index in [2.05, 4.69) is 0 Å². The topological polar surface area (TPSA) is 49.8 Å². The van der Waals surface area contributed by atoms with Crippen molar-refractivity contribution >= 4 is 17.7 Å².